The van der Waals surface area contributed by atoms with Crippen LogP contribution in [0.25, 0.3) is 0 Å². The van der Waals surface area contributed by atoms with Crippen molar-refractivity contribution in [1.29, 1.82) is 0 Å². The van der Waals surface area contributed by atoms with Crippen LogP contribution < -0.4 is 9.80 Å². The molecule has 1 aliphatic rings. The summed E-state index contributed by atoms with van der Waals surface area (Å²) >= 11 is 1.77. The fourth-order valence-electron chi connectivity index (χ4n) is 5.13. The van der Waals surface area contributed by atoms with Gasteiger partial charge in [-0.15, -0.1) is 11.3 Å². The Bertz CT molecular complexity index is 1350. The Labute approximate surface area is 231 Å². The first kappa shape index (κ1) is 27.2. The highest BCUT2D eigenvalue weighted by atomic mass is 32.1. The van der Waals surface area contributed by atoms with Gasteiger partial charge in [-0.3, -0.25) is 4.90 Å². The van der Waals surface area contributed by atoms with Gasteiger partial charge in [0.2, 0.25) is 0 Å². The number of thiophene rings is 1. The van der Waals surface area contributed by atoms with Gasteiger partial charge in [-0.2, -0.15) is 5.10 Å². The molecule has 2 atom stereocenters. The van der Waals surface area contributed by atoms with E-state index in [2.05, 4.69) is 49.3 Å². The van der Waals surface area contributed by atoms with Gasteiger partial charge in [0.1, 0.15) is 41.5 Å². The Morgan fingerprint density at radius 2 is 1.92 bits per heavy atom. The molecule has 11 heteroatoms. The van der Waals surface area contributed by atoms with E-state index in [1.807, 2.05) is 25.1 Å². The summed E-state index contributed by atoms with van der Waals surface area (Å²) < 4.78 is 30.1. The van der Waals surface area contributed by atoms with E-state index >= 15 is 0 Å². The summed E-state index contributed by atoms with van der Waals surface area (Å²) in [6, 6.07) is 13.1. The molecule has 39 heavy (non-hydrogen) atoms. The number of pyridine rings is 1. The lowest BCUT2D eigenvalue weighted by atomic mass is 9.85. The van der Waals surface area contributed by atoms with Gasteiger partial charge < -0.3 is 14.9 Å². The van der Waals surface area contributed by atoms with Crippen molar-refractivity contribution in [2.45, 2.75) is 31.5 Å². The van der Waals surface area contributed by atoms with Crippen LogP contribution in [-0.4, -0.2) is 75.6 Å². The lowest BCUT2D eigenvalue weighted by Crippen LogP contribution is -2.57. The van der Waals surface area contributed by atoms with Gasteiger partial charge >= 0.3 is 0 Å². The molecule has 3 aromatic heterocycles. The molecule has 1 aliphatic heterocycles. The van der Waals surface area contributed by atoms with Crippen LogP contribution >= 0.6 is 11.3 Å². The molecule has 5 rings (SSSR count). The summed E-state index contributed by atoms with van der Waals surface area (Å²) in [4.78, 5) is 16.8. The van der Waals surface area contributed by atoms with Crippen molar-refractivity contribution in [3.63, 3.8) is 0 Å². The van der Waals surface area contributed by atoms with E-state index in [-0.39, 0.29) is 12.1 Å². The van der Waals surface area contributed by atoms with Crippen LogP contribution in [0.3, 0.4) is 0 Å². The second-order valence-electron chi connectivity index (χ2n) is 9.95. The molecular formula is C28H33F2N7OS. The molecule has 0 spiro atoms. The number of benzene rings is 1. The number of anilines is 2. The minimum absolute atomic E-state index is 0.0155. The van der Waals surface area contributed by atoms with Gasteiger partial charge in [0, 0.05) is 62.3 Å². The third-order valence-corrected chi connectivity index (χ3v) is 8.46. The van der Waals surface area contributed by atoms with Crippen LogP contribution in [-0.2, 0) is 18.6 Å². The molecule has 4 aromatic rings. The van der Waals surface area contributed by atoms with E-state index in [1.165, 1.54) is 34.3 Å². The third-order valence-electron chi connectivity index (χ3n) is 7.53. The maximum Gasteiger partial charge on any atom is 0.137 e. The van der Waals surface area contributed by atoms with Crippen LogP contribution in [0.2, 0.25) is 0 Å². The van der Waals surface area contributed by atoms with Gasteiger partial charge in [0.15, 0.2) is 0 Å². The number of hydrogen-bond acceptors (Lipinski definition) is 8. The van der Waals surface area contributed by atoms with Crippen molar-refractivity contribution in [2.75, 3.05) is 49.6 Å². The summed E-state index contributed by atoms with van der Waals surface area (Å²) in [5.41, 5.74) is -1.62. The molecule has 1 N–H and O–H groups in total. The van der Waals surface area contributed by atoms with Crippen LogP contribution in [0.15, 0.2) is 66.6 Å². The van der Waals surface area contributed by atoms with Gasteiger partial charge in [0.05, 0.1) is 6.54 Å². The first-order valence-electron chi connectivity index (χ1n) is 13.0. The number of hydrogen-bond donors (Lipinski definition) is 1. The van der Waals surface area contributed by atoms with Gasteiger partial charge in [-0.25, -0.2) is 23.4 Å². The SMILES string of the molecule is C[C@@H](N1CCN(c2cccc(N(C)CCc3cccs3)n2)CC1)[C@](O)(Cn1cncn1)c1ccc(F)cc1F. The van der Waals surface area contributed by atoms with E-state index < -0.39 is 23.3 Å². The largest absolute Gasteiger partial charge is 0.381 e. The van der Waals surface area contributed by atoms with Crippen LogP contribution in [0, 0.1) is 11.6 Å². The lowest BCUT2D eigenvalue weighted by molar-refractivity contribution is -0.0650. The van der Waals surface area contributed by atoms with Crippen molar-refractivity contribution in [1.82, 2.24) is 24.6 Å². The zero-order valence-corrected chi connectivity index (χ0v) is 22.9. The average Bonchev–Trinajstić information content (AvgIpc) is 3.66. The average molecular weight is 554 g/mol. The molecule has 8 nitrogen and oxygen atoms in total. The fourth-order valence-corrected chi connectivity index (χ4v) is 5.83. The molecule has 0 aliphatic carbocycles. The Hall–Kier alpha value is -3.41. The van der Waals surface area contributed by atoms with Crippen molar-refractivity contribution < 1.29 is 13.9 Å². The van der Waals surface area contributed by atoms with E-state index in [9.17, 15) is 13.9 Å². The Kier molecular flexibility index (Phi) is 8.20. The molecule has 0 unspecified atom stereocenters. The molecule has 0 radical (unpaired) electrons. The Morgan fingerprint density at radius 1 is 1.10 bits per heavy atom. The smallest absolute Gasteiger partial charge is 0.137 e. The number of rotatable bonds is 10. The van der Waals surface area contributed by atoms with E-state index in [1.54, 1.807) is 11.3 Å². The number of aromatic nitrogens is 4. The predicted molar refractivity (Wildman–Crippen MR) is 149 cm³/mol. The van der Waals surface area contributed by atoms with E-state index in [4.69, 9.17) is 4.98 Å². The van der Waals surface area contributed by atoms with Crippen molar-refractivity contribution in [3.8, 4) is 0 Å². The van der Waals surface area contributed by atoms with Crippen LogP contribution in [0.1, 0.15) is 17.4 Å². The van der Waals surface area contributed by atoms with E-state index in [0.717, 1.165) is 30.7 Å². The highest BCUT2D eigenvalue weighted by molar-refractivity contribution is 7.09. The molecule has 0 bridgehead atoms. The molecule has 4 heterocycles. The summed E-state index contributed by atoms with van der Waals surface area (Å²) in [7, 11) is 2.06. The number of piperazine rings is 1. The van der Waals surface area contributed by atoms with E-state index in [0.29, 0.717) is 26.2 Å². The van der Waals surface area contributed by atoms with Crippen molar-refractivity contribution >= 4 is 23.0 Å². The molecular weight excluding hydrogens is 520 g/mol. The van der Waals surface area contributed by atoms with Gasteiger partial charge in [-0.1, -0.05) is 18.2 Å². The van der Waals surface area contributed by atoms with Crippen molar-refractivity contribution in [2.24, 2.45) is 0 Å². The molecule has 1 fully saturated rings. The standard InChI is InChI=1S/C28H33F2N7OS/c1-21(28(38,18-37-20-31-19-32-37)24-9-8-22(29)17-25(24)30)35-12-14-36(15-13-35)27-7-3-6-26(33-27)34(2)11-10-23-5-4-16-39-23/h3-9,16-17,19-21,38H,10-15,18H2,1-2H3/t21-,28-/m1/s1. The fraction of sp³-hybridized carbons (Fsp3) is 0.393. The van der Waals surface area contributed by atoms with Gasteiger partial charge in [0.25, 0.3) is 0 Å². The Morgan fingerprint density at radius 3 is 2.62 bits per heavy atom. The molecule has 206 valence electrons. The predicted octanol–water partition coefficient (Wildman–Crippen LogP) is 3.79. The first-order valence-corrected chi connectivity index (χ1v) is 13.9. The normalized spacial score (nSPS) is 16.7. The molecule has 0 saturated carbocycles. The second-order valence-corrected chi connectivity index (χ2v) is 11.0. The Balaban J connectivity index is 1.27. The topological polar surface area (TPSA) is 73.6 Å². The summed E-state index contributed by atoms with van der Waals surface area (Å²) in [5.74, 6) is 0.360. The van der Waals surface area contributed by atoms with Crippen LogP contribution in [0.5, 0.6) is 0 Å². The minimum atomic E-state index is -1.66. The monoisotopic (exact) mass is 553 g/mol. The summed E-state index contributed by atoms with van der Waals surface area (Å²) in [6.07, 6.45) is 3.82. The zero-order chi connectivity index (χ0) is 27.4. The highest BCUT2D eigenvalue weighted by Crippen LogP contribution is 2.33. The van der Waals surface area contributed by atoms with Crippen molar-refractivity contribution in [3.05, 3.63) is 88.6 Å². The molecule has 1 saturated heterocycles. The van der Waals surface area contributed by atoms with Gasteiger partial charge in [-0.05, 0) is 43.0 Å². The summed E-state index contributed by atoms with van der Waals surface area (Å²) in [6.45, 7) is 5.42. The first-order chi connectivity index (χ1) is 18.8. The number of nitrogens with zero attached hydrogens (tertiary/aromatic N) is 7. The molecule has 0 amide bonds. The summed E-state index contributed by atoms with van der Waals surface area (Å²) in [5, 5.41) is 18.1. The number of aliphatic hydroxyl groups is 1. The molecule has 1 aromatic carbocycles. The second kappa shape index (κ2) is 11.8. The number of likely N-dealkylation sites (N-methyl/N-ethyl adjacent to an activating group) is 1. The minimum Gasteiger partial charge on any atom is -0.381 e. The lowest BCUT2D eigenvalue weighted by Gasteiger charge is -2.45. The maximum absolute atomic E-state index is 14.9. The zero-order valence-electron chi connectivity index (χ0n) is 22.1. The highest BCUT2D eigenvalue weighted by Gasteiger charge is 2.42. The van der Waals surface area contributed by atoms with Crippen LogP contribution in [0.4, 0.5) is 20.4 Å². The quantitative estimate of drug-likeness (QED) is 0.320. The maximum atomic E-state index is 14.9. The third kappa shape index (κ3) is 6.10. The number of halogens is 2.